The first-order valence-electron chi connectivity index (χ1n) is 3.12. The van der Waals surface area contributed by atoms with Gasteiger partial charge in [0.2, 0.25) is 9.05 Å². The van der Waals surface area contributed by atoms with Gasteiger partial charge in [0.25, 0.3) is 0 Å². The van der Waals surface area contributed by atoms with Gasteiger partial charge in [0, 0.05) is 23.1 Å². The van der Waals surface area contributed by atoms with Crippen molar-refractivity contribution >= 4 is 19.7 Å². The second-order valence-electron chi connectivity index (χ2n) is 2.21. The van der Waals surface area contributed by atoms with Crippen LogP contribution in [-0.4, -0.2) is 18.0 Å². The second-order valence-corrected chi connectivity index (χ2v) is 4.99. The molecule has 0 radical (unpaired) electrons. The van der Waals surface area contributed by atoms with Crippen molar-refractivity contribution in [3.63, 3.8) is 0 Å². The van der Waals surface area contributed by atoms with Crippen LogP contribution < -0.4 is 0 Å². The molecule has 0 saturated carbocycles. The summed E-state index contributed by atoms with van der Waals surface area (Å²) >= 11 is 0. The molecule has 1 aromatic heterocycles. The number of imidazole rings is 1. The van der Waals surface area contributed by atoms with Crippen molar-refractivity contribution in [3.8, 4) is 0 Å². The van der Waals surface area contributed by atoms with Crippen LogP contribution in [0.3, 0.4) is 0 Å². The number of hydrogen-bond donors (Lipinski definition) is 0. The highest BCUT2D eigenvalue weighted by Crippen LogP contribution is 2.15. The summed E-state index contributed by atoms with van der Waals surface area (Å²) in [5, 5.41) is 0. The van der Waals surface area contributed by atoms with Crippen LogP contribution in [0.1, 0.15) is 12.4 Å². The third kappa shape index (κ3) is 2.92. The van der Waals surface area contributed by atoms with Crippen molar-refractivity contribution in [3.05, 3.63) is 18.2 Å². The summed E-state index contributed by atoms with van der Waals surface area (Å²) in [6.45, 7) is -2.81. The van der Waals surface area contributed by atoms with Crippen LogP contribution in [0.5, 0.6) is 0 Å². The molecule has 0 spiro atoms. The first kappa shape index (κ1) is 10.4. The van der Waals surface area contributed by atoms with E-state index >= 15 is 0 Å². The van der Waals surface area contributed by atoms with Gasteiger partial charge in [-0.25, -0.2) is 13.4 Å². The Kier molecular flexibility index (Phi) is 2.87. The highest BCUT2D eigenvalue weighted by atomic mass is 35.7. The number of hydrogen-bond acceptors (Lipinski definition) is 3. The number of nitrogens with zero attached hydrogens (tertiary/aromatic N) is 2. The average Bonchev–Trinajstić information content (AvgIpc) is 2.31. The lowest BCUT2D eigenvalue weighted by Crippen LogP contribution is -2.06. The molecule has 0 unspecified atom stereocenters. The smallest absolute Gasteiger partial charge is 0.277 e. The van der Waals surface area contributed by atoms with Gasteiger partial charge in [-0.15, -0.1) is 0 Å². The SMILES string of the molecule is O=S(=O)(Cl)Cc1nccn1C(F)F. The zero-order valence-corrected chi connectivity index (χ0v) is 7.76. The number of aromatic nitrogens is 2. The molecule has 0 bridgehead atoms. The molecule has 1 aromatic rings. The van der Waals surface area contributed by atoms with Crippen molar-refractivity contribution in [2.24, 2.45) is 0 Å². The van der Waals surface area contributed by atoms with Gasteiger partial charge >= 0.3 is 6.55 Å². The Morgan fingerprint density at radius 1 is 1.62 bits per heavy atom. The van der Waals surface area contributed by atoms with Gasteiger partial charge in [0.15, 0.2) is 0 Å². The van der Waals surface area contributed by atoms with E-state index in [2.05, 4.69) is 4.98 Å². The minimum Gasteiger partial charge on any atom is -0.277 e. The predicted octanol–water partition coefficient (Wildman–Crippen LogP) is 1.35. The standard InChI is InChI=1S/C5H5ClF2N2O2S/c6-13(11,12)3-4-9-1-2-10(4)5(7)8/h1-2,5H,3H2. The van der Waals surface area contributed by atoms with Crippen LogP contribution in [0.15, 0.2) is 12.4 Å². The normalized spacial score (nSPS) is 12.3. The summed E-state index contributed by atoms with van der Waals surface area (Å²) in [7, 11) is 1.03. The zero-order chi connectivity index (χ0) is 10.1. The summed E-state index contributed by atoms with van der Waals surface area (Å²) in [5.74, 6) is -0.976. The molecule has 0 aromatic carbocycles. The molecular weight excluding hydrogens is 226 g/mol. The molecule has 0 N–H and O–H groups in total. The molecule has 4 nitrogen and oxygen atoms in total. The Morgan fingerprint density at radius 2 is 2.23 bits per heavy atom. The maximum atomic E-state index is 12.1. The minimum absolute atomic E-state index is 0.273. The first-order chi connectivity index (χ1) is 5.90. The average molecular weight is 231 g/mol. The molecule has 13 heavy (non-hydrogen) atoms. The van der Waals surface area contributed by atoms with E-state index in [4.69, 9.17) is 10.7 Å². The monoisotopic (exact) mass is 230 g/mol. The van der Waals surface area contributed by atoms with Gasteiger partial charge in [0.05, 0.1) is 0 Å². The lowest BCUT2D eigenvalue weighted by Gasteiger charge is -2.03. The molecule has 74 valence electrons. The van der Waals surface area contributed by atoms with E-state index < -0.39 is 21.4 Å². The van der Waals surface area contributed by atoms with Crippen molar-refractivity contribution in [1.82, 2.24) is 9.55 Å². The topological polar surface area (TPSA) is 52.0 Å². The van der Waals surface area contributed by atoms with Crippen LogP contribution in [0, 0.1) is 0 Å². The lowest BCUT2D eigenvalue weighted by molar-refractivity contribution is 0.0677. The highest BCUT2D eigenvalue weighted by Gasteiger charge is 2.16. The largest absolute Gasteiger partial charge is 0.319 e. The Morgan fingerprint density at radius 3 is 2.69 bits per heavy atom. The summed E-state index contributed by atoms with van der Waals surface area (Å²) in [5.41, 5.74) is 0. The van der Waals surface area contributed by atoms with E-state index in [9.17, 15) is 17.2 Å². The molecule has 0 amide bonds. The van der Waals surface area contributed by atoms with Crippen LogP contribution in [0.25, 0.3) is 0 Å². The van der Waals surface area contributed by atoms with Gasteiger partial charge in [-0.1, -0.05) is 0 Å². The predicted molar refractivity (Wildman–Crippen MR) is 42.0 cm³/mol. The van der Waals surface area contributed by atoms with Gasteiger partial charge < -0.3 is 0 Å². The Balaban J connectivity index is 2.96. The number of rotatable bonds is 3. The van der Waals surface area contributed by atoms with Crippen LogP contribution in [-0.2, 0) is 14.8 Å². The van der Waals surface area contributed by atoms with Gasteiger partial charge in [-0.05, 0) is 0 Å². The fraction of sp³-hybridized carbons (Fsp3) is 0.400. The quantitative estimate of drug-likeness (QED) is 0.737. The van der Waals surface area contributed by atoms with Gasteiger partial charge in [-0.2, -0.15) is 8.78 Å². The van der Waals surface area contributed by atoms with Crippen molar-refractivity contribution in [2.45, 2.75) is 12.3 Å². The molecule has 0 aliphatic carbocycles. The number of alkyl halides is 2. The summed E-state index contributed by atoms with van der Waals surface area (Å²) in [4.78, 5) is 3.44. The highest BCUT2D eigenvalue weighted by molar-refractivity contribution is 8.13. The molecule has 8 heteroatoms. The molecule has 1 heterocycles. The molecular formula is C5H5ClF2N2O2S. The summed E-state index contributed by atoms with van der Waals surface area (Å²) in [6, 6.07) is 0. The molecule has 0 atom stereocenters. The Hall–Kier alpha value is -0.690. The van der Waals surface area contributed by atoms with Crippen molar-refractivity contribution in [1.29, 1.82) is 0 Å². The van der Waals surface area contributed by atoms with Crippen LogP contribution in [0.2, 0.25) is 0 Å². The summed E-state index contributed by atoms with van der Waals surface area (Å²) in [6.07, 6.45) is 2.08. The third-order valence-electron chi connectivity index (χ3n) is 1.26. The summed E-state index contributed by atoms with van der Waals surface area (Å²) < 4.78 is 45.8. The minimum atomic E-state index is -3.85. The fourth-order valence-electron chi connectivity index (χ4n) is 0.788. The Labute approximate surface area is 77.6 Å². The number of halogens is 3. The molecule has 0 aliphatic rings. The maximum Gasteiger partial charge on any atom is 0.319 e. The van der Waals surface area contributed by atoms with Crippen LogP contribution >= 0.6 is 10.7 Å². The lowest BCUT2D eigenvalue weighted by atomic mass is 10.7. The van der Waals surface area contributed by atoms with E-state index in [1.165, 1.54) is 0 Å². The van der Waals surface area contributed by atoms with E-state index in [0.717, 1.165) is 12.4 Å². The van der Waals surface area contributed by atoms with Gasteiger partial charge in [0.1, 0.15) is 11.6 Å². The molecule has 0 saturated heterocycles. The van der Waals surface area contributed by atoms with Gasteiger partial charge in [-0.3, -0.25) is 4.57 Å². The van der Waals surface area contributed by atoms with Crippen molar-refractivity contribution < 1.29 is 17.2 Å². The fourth-order valence-corrected chi connectivity index (χ4v) is 1.61. The molecule has 0 fully saturated rings. The van der Waals surface area contributed by atoms with E-state index in [-0.39, 0.29) is 5.82 Å². The van der Waals surface area contributed by atoms with E-state index in [1.807, 2.05) is 0 Å². The van der Waals surface area contributed by atoms with E-state index in [1.54, 1.807) is 0 Å². The zero-order valence-electron chi connectivity index (χ0n) is 6.19. The molecule has 1 rings (SSSR count). The van der Waals surface area contributed by atoms with Crippen LogP contribution in [0.4, 0.5) is 8.78 Å². The second kappa shape index (κ2) is 3.59. The van der Waals surface area contributed by atoms with Crippen molar-refractivity contribution in [2.75, 3.05) is 0 Å². The maximum absolute atomic E-state index is 12.1. The first-order valence-corrected chi connectivity index (χ1v) is 5.60. The van der Waals surface area contributed by atoms with E-state index in [0.29, 0.717) is 4.57 Å². The third-order valence-corrected chi connectivity index (χ3v) is 2.19. The molecule has 0 aliphatic heterocycles. The Bertz CT molecular complexity index is 389.